The van der Waals surface area contributed by atoms with E-state index in [1.54, 1.807) is 11.3 Å². The van der Waals surface area contributed by atoms with Crippen LogP contribution in [0.5, 0.6) is 5.88 Å². The van der Waals surface area contributed by atoms with Crippen molar-refractivity contribution in [3.8, 4) is 5.88 Å². The van der Waals surface area contributed by atoms with Gasteiger partial charge in [0.15, 0.2) is 6.61 Å². The number of hydrogen-bond acceptors (Lipinski definition) is 5. The molecule has 112 valence electrons. The van der Waals surface area contributed by atoms with Crippen LogP contribution in [0.15, 0.2) is 48.1 Å². The molecule has 0 fully saturated rings. The Morgan fingerprint density at radius 1 is 1.27 bits per heavy atom. The number of amides is 1. The van der Waals surface area contributed by atoms with Gasteiger partial charge >= 0.3 is 0 Å². The van der Waals surface area contributed by atoms with E-state index in [4.69, 9.17) is 4.74 Å². The second-order valence-electron chi connectivity index (χ2n) is 4.79. The molecule has 3 rings (SSSR count). The molecule has 6 heteroatoms. The summed E-state index contributed by atoms with van der Waals surface area (Å²) in [5, 5.41) is 5.69. The molecule has 1 N–H and O–H groups in total. The summed E-state index contributed by atoms with van der Waals surface area (Å²) in [5.74, 6) is 0.244. The molecule has 2 heterocycles. The first kappa shape index (κ1) is 14.5. The van der Waals surface area contributed by atoms with Gasteiger partial charge in [0.05, 0.1) is 16.9 Å². The molecule has 0 spiro atoms. The van der Waals surface area contributed by atoms with Crippen molar-refractivity contribution in [1.82, 2.24) is 15.3 Å². The van der Waals surface area contributed by atoms with E-state index in [0.717, 1.165) is 15.8 Å². The molecule has 0 aliphatic carbocycles. The van der Waals surface area contributed by atoms with Crippen molar-refractivity contribution in [3.05, 3.63) is 53.0 Å². The van der Waals surface area contributed by atoms with Crippen LogP contribution in [0.25, 0.3) is 10.9 Å². The zero-order chi connectivity index (χ0) is 15.4. The number of aromatic nitrogens is 2. The summed E-state index contributed by atoms with van der Waals surface area (Å²) in [6, 6.07) is 11.5. The Labute approximate surface area is 132 Å². The standard InChI is InChI=1S/C16H15N3O2S/c1-11(14-7-4-8-22-14)19-15(20)9-21-16-12-5-2-3-6-13(12)17-10-18-16/h2-8,10-11H,9H2,1H3,(H,19,20). The molecular formula is C16H15N3O2S. The van der Waals surface area contributed by atoms with Crippen molar-refractivity contribution < 1.29 is 9.53 Å². The smallest absolute Gasteiger partial charge is 0.258 e. The van der Waals surface area contributed by atoms with Gasteiger partial charge in [-0.1, -0.05) is 18.2 Å². The highest BCUT2D eigenvalue weighted by molar-refractivity contribution is 7.10. The Balaban J connectivity index is 1.63. The molecule has 22 heavy (non-hydrogen) atoms. The average Bonchev–Trinajstić information content (AvgIpc) is 3.07. The lowest BCUT2D eigenvalue weighted by atomic mass is 10.2. The Hall–Kier alpha value is -2.47. The van der Waals surface area contributed by atoms with Crippen LogP contribution < -0.4 is 10.1 Å². The molecule has 1 aromatic carbocycles. The number of benzene rings is 1. The van der Waals surface area contributed by atoms with Gasteiger partial charge in [-0.15, -0.1) is 11.3 Å². The monoisotopic (exact) mass is 313 g/mol. The summed E-state index contributed by atoms with van der Waals surface area (Å²) in [6.07, 6.45) is 1.43. The number of thiophene rings is 1. The maximum atomic E-state index is 12.0. The lowest BCUT2D eigenvalue weighted by molar-refractivity contribution is -0.123. The highest BCUT2D eigenvalue weighted by atomic mass is 32.1. The molecular weight excluding hydrogens is 298 g/mol. The van der Waals surface area contributed by atoms with Crippen LogP contribution in [0.2, 0.25) is 0 Å². The summed E-state index contributed by atoms with van der Waals surface area (Å²) < 4.78 is 5.54. The second-order valence-corrected chi connectivity index (χ2v) is 5.77. The Morgan fingerprint density at radius 2 is 2.14 bits per heavy atom. The predicted molar refractivity (Wildman–Crippen MR) is 85.9 cm³/mol. The molecule has 1 amide bonds. The van der Waals surface area contributed by atoms with Gasteiger partial charge in [0.25, 0.3) is 5.91 Å². The van der Waals surface area contributed by atoms with Crippen molar-refractivity contribution >= 4 is 28.1 Å². The van der Waals surface area contributed by atoms with Gasteiger partial charge in [-0.3, -0.25) is 4.79 Å². The predicted octanol–water partition coefficient (Wildman–Crippen LogP) is 2.95. The molecule has 0 radical (unpaired) electrons. The van der Waals surface area contributed by atoms with Crippen LogP contribution in [0, 0.1) is 0 Å². The fourth-order valence-corrected chi connectivity index (χ4v) is 2.86. The molecule has 5 nitrogen and oxygen atoms in total. The zero-order valence-electron chi connectivity index (χ0n) is 12.0. The maximum Gasteiger partial charge on any atom is 0.258 e. The number of carbonyl (C=O) groups is 1. The number of fused-ring (bicyclic) bond motifs is 1. The van der Waals surface area contributed by atoms with E-state index in [0.29, 0.717) is 5.88 Å². The SMILES string of the molecule is CC(NC(=O)COc1ncnc2ccccc12)c1cccs1. The summed E-state index contributed by atoms with van der Waals surface area (Å²) in [7, 11) is 0. The van der Waals surface area contributed by atoms with Gasteiger partial charge in [0.1, 0.15) is 6.33 Å². The number of nitrogens with zero attached hydrogens (tertiary/aromatic N) is 2. The molecule has 1 atom stereocenters. The van der Waals surface area contributed by atoms with E-state index in [-0.39, 0.29) is 18.6 Å². The summed E-state index contributed by atoms with van der Waals surface area (Å²) >= 11 is 1.61. The first-order valence-electron chi connectivity index (χ1n) is 6.89. The molecule has 0 saturated carbocycles. The van der Waals surface area contributed by atoms with Crippen LogP contribution in [0.3, 0.4) is 0 Å². The van der Waals surface area contributed by atoms with Crippen LogP contribution in [-0.4, -0.2) is 22.5 Å². The number of rotatable bonds is 5. The minimum absolute atomic E-state index is 0.0294. The molecule has 0 saturated heterocycles. The van der Waals surface area contributed by atoms with E-state index in [1.165, 1.54) is 6.33 Å². The zero-order valence-corrected chi connectivity index (χ0v) is 12.8. The lowest BCUT2D eigenvalue weighted by Gasteiger charge is -2.13. The van der Waals surface area contributed by atoms with Crippen molar-refractivity contribution in [2.45, 2.75) is 13.0 Å². The van der Waals surface area contributed by atoms with Crippen molar-refractivity contribution in [2.75, 3.05) is 6.61 Å². The number of ether oxygens (including phenoxy) is 1. The summed E-state index contributed by atoms with van der Waals surface area (Å²) in [5.41, 5.74) is 0.792. The van der Waals surface area contributed by atoms with Gasteiger partial charge in [-0.25, -0.2) is 9.97 Å². The van der Waals surface area contributed by atoms with E-state index >= 15 is 0 Å². The van der Waals surface area contributed by atoms with Crippen LogP contribution in [-0.2, 0) is 4.79 Å². The molecule has 0 aliphatic rings. The van der Waals surface area contributed by atoms with Crippen LogP contribution in [0.4, 0.5) is 0 Å². The second kappa shape index (κ2) is 6.53. The fourth-order valence-electron chi connectivity index (χ4n) is 2.12. The summed E-state index contributed by atoms with van der Waals surface area (Å²) in [4.78, 5) is 21.4. The first-order chi connectivity index (χ1) is 10.7. The van der Waals surface area contributed by atoms with Gasteiger partial charge in [-0.05, 0) is 30.5 Å². The van der Waals surface area contributed by atoms with Crippen molar-refractivity contribution in [1.29, 1.82) is 0 Å². The topological polar surface area (TPSA) is 64.1 Å². The maximum absolute atomic E-state index is 12.0. The Kier molecular flexibility index (Phi) is 4.29. The van der Waals surface area contributed by atoms with Gasteiger partial charge in [0.2, 0.25) is 5.88 Å². The largest absolute Gasteiger partial charge is 0.467 e. The number of carbonyl (C=O) groups excluding carboxylic acids is 1. The molecule has 3 aromatic rings. The Bertz CT molecular complexity index is 769. The van der Waals surface area contributed by atoms with Gasteiger partial charge in [0, 0.05) is 4.88 Å². The van der Waals surface area contributed by atoms with Crippen LogP contribution in [0.1, 0.15) is 17.8 Å². The molecule has 2 aromatic heterocycles. The number of para-hydroxylation sites is 1. The van der Waals surface area contributed by atoms with Gasteiger partial charge < -0.3 is 10.1 Å². The third-order valence-electron chi connectivity index (χ3n) is 3.19. The minimum atomic E-state index is -0.177. The third kappa shape index (κ3) is 3.23. The normalized spacial score (nSPS) is 12.0. The quantitative estimate of drug-likeness (QED) is 0.786. The first-order valence-corrected chi connectivity index (χ1v) is 7.77. The lowest BCUT2D eigenvalue weighted by Crippen LogP contribution is -2.31. The van der Waals surface area contributed by atoms with E-state index < -0.39 is 0 Å². The highest BCUT2D eigenvalue weighted by Crippen LogP contribution is 2.21. The summed E-state index contributed by atoms with van der Waals surface area (Å²) in [6.45, 7) is 1.88. The minimum Gasteiger partial charge on any atom is -0.467 e. The number of hydrogen-bond donors (Lipinski definition) is 1. The molecule has 0 bridgehead atoms. The van der Waals surface area contributed by atoms with E-state index in [9.17, 15) is 4.79 Å². The third-order valence-corrected chi connectivity index (χ3v) is 4.25. The molecule has 0 aliphatic heterocycles. The highest BCUT2D eigenvalue weighted by Gasteiger charge is 2.12. The van der Waals surface area contributed by atoms with E-state index in [1.807, 2.05) is 48.7 Å². The van der Waals surface area contributed by atoms with E-state index in [2.05, 4.69) is 15.3 Å². The van der Waals surface area contributed by atoms with Crippen molar-refractivity contribution in [2.24, 2.45) is 0 Å². The average molecular weight is 313 g/mol. The Morgan fingerprint density at radius 3 is 2.95 bits per heavy atom. The van der Waals surface area contributed by atoms with Crippen LogP contribution >= 0.6 is 11.3 Å². The molecule has 1 unspecified atom stereocenters. The number of nitrogens with one attached hydrogen (secondary N) is 1. The fraction of sp³-hybridized carbons (Fsp3) is 0.188. The van der Waals surface area contributed by atoms with Gasteiger partial charge in [-0.2, -0.15) is 0 Å². The van der Waals surface area contributed by atoms with Crippen molar-refractivity contribution in [3.63, 3.8) is 0 Å².